The van der Waals surface area contributed by atoms with Crippen molar-refractivity contribution in [1.29, 1.82) is 0 Å². The van der Waals surface area contributed by atoms with E-state index < -0.39 is 0 Å². The van der Waals surface area contributed by atoms with Crippen LogP contribution in [0.25, 0.3) is 0 Å². The molecule has 0 aliphatic rings. The van der Waals surface area contributed by atoms with Crippen molar-refractivity contribution in [2.24, 2.45) is 5.92 Å². The van der Waals surface area contributed by atoms with Crippen LogP contribution in [-0.4, -0.2) is 37.4 Å². The molecule has 1 unspecified atom stereocenters. The Balaban J connectivity index is 3.57. The average Bonchev–Trinajstić information content (AvgIpc) is 2.32. The molecule has 4 heteroatoms. The first kappa shape index (κ1) is 16.4. The van der Waals surface area contributed by atoms with Crippen LogP contribution in [0.5, 0.6) is 0 Å². The molecule has 2 N–H and O–H groups in total. The second kappa shape index (κ2) is 11.9. The summed E-state index contributed by atoms with van der Waals surface area (Å²) in [5.74, 6) is 0.490. The minimum atomic E-state index is 0.0868. The van der Waals surface area contributed by atoms with Gasteiger partial charge in [-0.15, -0.1) is 0 Å². The Kier molecular flexibility index (Phi) is 11.4. The summed E-state index contributed by atoms with van der Waals surface area (Å²) >= 11 is 0. The molecule has 0 radical (unpaired) electrons. The van der Waals surface area contributed by atoms with Gasteiger partial charge < -0.3 is 15.2 Å². The molecule has 17 heavy (non-hydrogen) atoms. The molecule has 0 fully saturated rings. The predicted molar refractivity (Wildman–Crippen MR) is 68.8 cm³/mol. The van der Waals surface area contributed by atoms with Gasteiger partial charge in [0.25, 0.3) is 0 Å². The van der Waals surface area contributed by atoms with Crippen LogP contribution >= 0.6 is 0 Å². The molecule has 4 nitrogen and oxygen atoms in total. The van der Waals surface area contributed by atoms with Gasteiger partial charge in [-0.05, 0) is 32.1 Å². The minimum absolute atomic E-state index is 0.0868. The third-order valence-electron chi connectivity index (χ3n) is 2.72. The monoisotopic (exact) mass is 245 g/mol. The van der Waals surface area contributed by atoms with Gasteiger partial charge in [0.2, 0.25) is 5.91 Å². The summed E-state index contributed by atoms with van der Waals surface area (Å²) in [4.78, 5) is 11.5. The van der Waals surface area contributed by atoms with Gasteiger partial charge in [0.05, 0.1) is 0 Å². The Hall–Kier alpha value is -0.610. The van der Waals surface area contributed by atoms with Crippen LogP contribution in [-0.2, 0) is 9.53 Å². The summed E-state index contributed by atoms with van der Waals surface area (Å²) in [5, 5.41) is 11.8. The highest BCUT2D eigenvalue weighted by atomic mass is 16.5. The SMILES string of the molecule is CCCC(CCO)CNC(=O)CCCOCC. The maximum Gasteiger partial charge on any atom is 0.220 e. The number of carbonyl (C=O) groups is 1. The fourth-order valence-corrected chi connectivity index (χ4v) is 1.76. The summed E-state index contributed by atoms with van der Waals surface area (Å²) in [7, 11) is 0. The summed E-state index contributed by atoms with van der Waals surface area (Å²) in [5.41, 5.74) is 0. The van der Waals surface area contributed by atoms with E-state index in [2.05, 4.69) is 12.2 Å². The van der Waals surface area contributed by atoms with Crippen LogP contribution in [0.15, 0.2) is 0 Å². The van der Waals surface area contributed by atoms with E-state index >= 15 is 0 Å². The molecule has 0 aromatic rings. The van der Waals surface area contributed by atoms with Gasteiger partial charge >= 0.3 is 0 Å². The molecular formula is C13H27NO3. The third kappa shape index (κ3) is 10.3. The van der Waals surface area contributed by atoms with Crippen LogP contribution in [0.4, 0.5) is 0 Å². The van der Waals surface area contributed by atoms with E-state index in [1.165, 1.54) is 0 Å². The number of nitrogens with one attached hydrogen (secondary N) is 1. The fraction of sp³-hybridized carbons (Fsp3) is 0.923. The molecule has 0 heterocycles. The van der Waals surface area contributed by atoms with E-state index in [4.69, 9.17) is 9.84 Å². The number of hydrogen-bond acceptors (Lipinski definition) is 3. The van der Waals surface area contributed by atoms with Crippen molar-refractivity contribution < 1.29 is 14.6 Å². The standard InChI is InChI=1S/C13H27NO3/c1-3-6-12(8-9-15)11-14-13(16)7-5-10-17-4-2/h12,15H,3-11H2,1-2H3,(H,14,16). The Morgan fingerprint density at radius 2 is 2.12 bits per heavy atom. The first-order valence-corrected chi connectivity index (χ1v) is 6.69. The molecule has 0 spiro atoms. The first-order valence-electron chi connectivity index (χ1n) is 6.69. The number of aliphatic hydroxyl groups is 1. The zero-order valence-electron chi connectivity index (χ0n) is 11.2. The van der Waals surface area contributed by atoms with E-state index in [9.17, 15) is 4.79 Å². The fourth-order valence-electron chi connectivity index (χ4n) is 1.76. The lowest BCUT2D eigenvalue weighted by atomic mass is 10.0. The normalized spacial score (nSPS) is 12.4. The van der Waals surface area contributed by atoms with Crippen LogP contribution < -0.4 is 5.32 Å². The van der Waals surface area contributed by atoms with Gasteiger partial charge in [-0.1, -0.05) is 13.3 Å². The van der Waals surface area contributed by atoms with Crippen molar-refractivity contribution in [2.45, 2.75) is 46.0 Å². The second-order valence-corrected chi connectivity index (χ2v) is 4.27. The molecule has 0 aliphatic heterocycles. The van der Waals surface area contributed by atoms with Crippen LogP contribution in [0, 0.1) is 5.92 Å². The Morgan fingerprint density at radius 3 is 2.71 bits per heavy atom. The third-order valence-corrected chi connectivity index (χ3v) is 2.72. The lowest BCUT2D eigenvalue weighted by molar-refractivity contribution is -0.121. The van der Waals surface area contributed by atoms with E-state index in [0.717, 1.165) is 25.7 Å². The molecule has 0 aromatic carbocycles. The second-order valence-electron chi connectivity index (χ2n) is 4.27. The Bertz CT molecular complexity index is 180. The maximum absolute atomic E-state index is 11.5. The summed E-state index contributed by atoms with van der Waals surface area (Å²) in [6.07, 6.45) is 4.22. The van der Waals surface area contributed by atoms with Crippen molar-refractivity contribution in [1.82, 2.24) is 5.32 Å². The molecule has 0 aromatic heterocycles. The summed E-state index contributed by atoms with van der Waals surface area (Å²) < 4.78 is 5.17. The zero-order valence-corrected chi connectivity index (χ0v) is 11.2. The van der Waals surface area contributed by atoms with Gasteiger partial charge in [0, 0.05) is 32.8 Å². The molecule has 0 rings (SSSR count). The smallest absolute Gasteiger partial charge is 0.220 e. The van der Waals surface area contributed by atoms with Gasteiger partial charge in [-0.3, -0.25) is 4.79 Å². The highest BCUT2D eigenvalue weighted by Gasteiger charge is 2.09. The van der Waals surface area contributed by atoms with E-state index in [0.29, 0.717) is 32.1 Å². The largest absolute Gasteiger partial charge is 0.396 e. The molecule has 1 atom stereocenters. The number of rotatable bonds is 11. The van der Waals surface area contributed by atoms with Gasteiger partial charge in [-0.2, -0.15) is 0 Å². The summed E-state index contributed by atoms with van der Waals surface area (Å²) in [6.45, 7) is 6.31. The van der Waals surface area contributed by atoms with Gasteiger partial charge in [0.15, 0.2) is 0 Å². The van der Waals surface area contributed by atoms with Crippen molar-refractivity contribution in [3.8, 4) is 0 Å². The molecule has 102 valence electrons. The number of ether oxygens (including phenoxy) is 1. The Morgan fingerprint density at radius 1 is 1.35 bits per heavy atom. The quantitative estimate of drug-likeness (QED) is 0.545. The van der Waals surface area contributed by atoms with Crippen molar-refractivity contribution in [3.63, 3.8) is 0 Å². The van der Waals surface area contributed by atoms with E-state index in [1.807, 2.05) is 6.92 Å². The lowest BCUT2D eigenvalue weighted by Gasteiger charge is -2.15. The van der Waals surface area contributed by atoms with Gasteiger partial charge in [0.1, 0.15) is 0 Å². The number of carbonyl (C=O) groups excluding carboxylic acids is 1. The minimum Gasteiger partial charge on any atom is -0.396 e. The van der Waals surface area contributed by atoms with Crippen molar-refractivity contribution >= 4 is 5.91 Å². The highest BCUT2D eigenvalue weighted by molar-refractivity contribution is 5.75. The lowest BCUT2D eigenvalue weighted by Crippen LogP contribution is -2.29. The number of aliphatic hydroxyl groups excluding tert-OH is 1. The van der Waals surface area contributed by atoms with Crippen LogP contribution in [0.2, 0.25) is 0 Å². The molecule has 0 saturated carbocycles. The van der Waals surface area contributed by atoms with E-state index in [1.54, 1.807) is 0 Å². The number of hydrogen-bond donors (Lipinski definition) is 2. The zero-order chi connectivity index (χ0) is 12.9. The molecule has 0 aliphatic carbocycles. The van der Waals surface area contributed by atoms with Gasteiger partial charge in [-0.25, -0.2) is 0 Å². The first-order chi connectivity index (χ1) is 8.24. The van der Waals surface area contributed by atoms with Crippen molar-refractivity contribution in [2.75, 3.05) is 26.4 Å². The maximum atomic E-state index is 11.5. The predicted octanol–water partition coefficient (Wildman–Crippen LogP) is 1.72. The van der Waals surface area contributed by atoms with E-state index in [-0.39, 0.29) is 12.5 Å². The van der Waals surface area contributed by atoms with Crippen LogP contribution in [0.1, 0.15) is 46.0 Å². The molecule has 1 amide bonds. The molecular weight excluding hydrogens is 218 g/mol. The van der Waals surface area contributed by atoms with Crippen LogP contribution in [0.3, 0.4) is 0 Å². The molecule has 0 bridgehead atoms. The molecule has 0 saturated heterocycles. The summed E-state index contributed by atoms with van der Waals surface area (Å²) in [6, 6.07) is 0. The Labute approximate surface area is 105 Å². The highest BCUT2D eigenvalue weighted by Crippen LogP contribution is 2.09. The number of amides is 1. The average molecular weight is 245 g/mol. The topological polar surface area (TPSA) is 58.6 Å². The van der Waals surface area contributed by atoms with Crippen molar-refractivity contribution in [3.05, 3.63) is 0 Å².